The number of rotatable bonds is 4. The van der Waals surface area contributed by atoms with Gasteiger partial charge >= 0.3 is 0 Å². The van der Waals surface area contributed by atoms with Gasteiger partial charge in [-0.15, -0.1) is 11.3 Å². The molecule has 16 heavy (non-hydrogen) atoms. The van der Waals surface area contributed by atoms with Crippen LogP contribution in [0.1, 0.15) is 37.6 Å². The molecule has 0 fully saturated rings. The van der Waals surface area contributed by atoms with E-state index in [1.54, 1.807) is 11.3 Å². The molecule has 2 N–H and O–H groups in total. The van der Waals surface area contributed by atoms with Gasteiger partial charge in [-0.1, -0.05) is 18.8 Å². The highest BCUT2D eigenvalue weighted by atomic mass is 32.1. The summed E-state index contributed by atoms with van der Waals surface area (Å²) >= 11 is 1.68. The zero-order chi connectivity index (χ0) is 12.0. The Kier molecular flexibility index (Phi) is 5.01. The van der Waals surface area contributed by atoms with E-state index in [-0.39, 0.29) is 5.60 Å². The molecule has 0 radical (unpaired) electrons. The van der Waals surface area contributed by atoms with Crippen molar-refractivity contribution in [1.29, 1.82) is 0 Å². The minimum atomic E-state index is -0.0485. The van der Waals surface area contributed by atoms with E-state index in [1.165, 1.54) is 4.88 Å². The minimum Gasteiger partial charge on any atom is -0.370 e. The van der Waals surface area contributed by atoms with E-state index in [0.717, 1.165) is 12.0 Å². The topological polar surface area (TPSA) is 35.2 Å². The van der Waals surface area contributed by atoms with Crippen molar-refractivity contribution in [3.05, 3.63) is 21.9 Å². The fourth-order valence-corrected chi connectivity index (χ4v) is 1.77. The predicted molar refractivity (Wildman–Crippen MR) is 69.4 cm³/mol. The van der Waals surface area contributed by atoms with Crippen LogP contribution in [0.25, 0.3) is 0 Å². The lowest BCUT2D eigenvalue weighted by atomic mass is 10.1. The average Bonchev–Trinajstić information content (AvgIpc) is 2.72. The molecule has 1 aromatic heterocycles. The molecule has 0 aliphatic carbocycles. The molecule has 1 rings (SSSR count). The highest BCUT2D eigenvalue weighted by Gasteiger charge is 2.15. The molecular formula is C13H19NOS. The lowest BCUT2D eigenvalue weighted by Gasteiger charge is -2.22. The van der Waals surface area contributed by atoms with Crippen molar-refractivity contribution >= 4 is 11.3 Å². The summed E-state index contributed by atoms with van der Waals surface area (Å²) in [5.74, 6) is 5.86. The first kappa shape index (κ1) is 13.2. The van der Waals surface area contributed by atoms with Crippen molar-refractivity contribution in [3.63, 3.8) is 0 Å². The van der Waals surface area contributed by atoms with Crippen LogP contribution in [0.3, 0.4) is 0 Å². The maximum atomic E-state index is 5.82. The Morgan fingerprint density at radius 3 is 2.88 bits per heavy atom. The molecule has 0 aliphatic rings. The molecule has 0 saturated carbocycles. The molecule has 1 aromatic rings. The molecule has 0 spiro atoms. The van der Waals surface area contributed by atoms with Gasteiger partial charge in [0.2, 0.25) is 0 Å². The van der Waals surface area contributed by atoms with E-state index in [0.29, 0.717) is 13.2 Å². The van der Waals surface area contributed by atoms with E-state index in [1.807, 2.05) is 5.38 Å². The molecule has 0 aliphatic heterocycles. The van der Waals surface area contributed by atoms with Gasteiger partial charge in [0.15, 0.2) is 0 Å². The number of hydrogen-bond acceptors (Lipinski definition) is 3. The van der Waals surface area contributed by atoms with Gasteiger partial charge in [-0.3, -0.25) is 0 Å². The predicted octanol–water partition coefficient (Wildman–Crippen LogP) is 2.76. The maximum Gasteiger partial charge on any atom is 0.0817 e. The zero-order valence-electron chi connectivity index (χ0n) is 10.2. The van der Waals surface area contributed by atoms with Gasteiger partial charge in [-0.05, 0) is 26.3 Å². The van der Waals surface area contributed by atoms with E-state index in [4.69, 9.17) is 10.5 Å². The third-order valence-corrected chi connectivity index (χ3v) is 3.36. The molecule has 0 amide bonds. The molecular weight excluding hydrogens is 218 g/mol. The van der Waals surface area contributed by atoms with Crippen molar-refractivity contribution in [3.8, 4) is 11.8 Å². The SMILES string of the molecule is CCC(C)(C)OCc1cc(C#CCN)cs1. The zero-order valence-corrected chi connectivity index (χ0v) is 11.0. The van der Waals surface area contributed by atoms with E-state index in [2.05, 4.69) is 38.7 Å². The van der Waals surface area contributed by atoms with Crippen LogP contribution in [0.2, 0.25) is 0 Å². The molecule has 0 aromatic carbocycles. The number of thiophene rings is 1. The smallest absolute Gasteiger partial charge is 0.0817 e. The maximum absolute atomic E-state index is 5.82. The quantitative estimate of drug-likeness (QED) is 0.817. The van der Waals surface area contributed by atoms with Crippen molar-refractivity contribution in [2.75, 3.05) is 6.54 Å². The van der Waals surface area contributed by atoms with Crippen LogP contribution in [-0.2, 0) is 11.3 Å². The summed E-state index contributed by atoms with van der Waals surface area (Å²) in [5.41, 5.74) is 6.30. The Morgan fingerprint density at radius 1 is 1.50 bits per heavy atom. The molecule has 2 nitrogen and oxygen atoms in total. The summed E-state index contributed by atoms with van der Waals surface area (Å²) in [6.45, 7) is 7.42. The molecule has 3 heteroatoms. The largest absolute Gasteiger partial charge is 0.370 e. The number of hydrogen-bond donors (Lipinski definition) is 1. The molecule has 0 saturated heterocycles. The third-order valence-electron chi connectivity index (χ3n) is 2.45. The molecule has 0 unspecified atom stereocenters. The second kappa shape index (κ2) is 6.05. The first-order valence-electron chi connectivity index (χ1n) is 5.47. The Labute approximate surface area is 102 Å². The van der Waals surface area contributed by atoms with Crippen molar-refractivity contribution in [2.45, 2.75) is 39.4 Å². The normalized spacial score (nSPS) is 11.0. The summed E-state index contributed by atoms with van der Waals surface area (Å²) in [5, 5.41) is 2.04. The van der Waals surface area contributed by atoms with Gasteiger partial charge in [0, 0.05) is 15.8 Å². The Morgan fingerprint density at radius 2 is 2.25 bits per heavy atom. The second-order valence-electron chi connectivity index (χ2n) is 4.21. The lowest BCUT2D eigenvalue weighted by Crippen LogP contribution is -2.22. The molecule has 0 atom stereocenters. The van der Waals surface area contributed by atoms with Crippen molar-refractivity contribution < 1.29 is 4.74 Å². The molecule has 88 valence electrons. The van der Waals surface area contributed by atoms with Crippen LogP contribution in [0.15, 0.2) is 11.4 Å². The Hall–Kier alpha value is -0.820. The van der Waals surface area contributed by atoms with Crippen LogP contribution in [0.4, 0.5) is 0 Å². The van der Waals surface area contributed by atoms with Crippen LogP contribution < -0.4 is 5.73 Å². The second-order valence-corrected chi connectivity index (χ2v) is 5.21. The Balaban J connectivity index is 2.53. The van der Waals surface area contributed by atoms with E-state index < -0.39 is 0 Å². The van der Waals surface area contributed by atoms with Gasteiger partial charge in [0.05, 0.1) is 18.8 Å². The fourth-order valence-electron chi connectivity index (χ4n) is 1.04. The first-order valence-corrected chi connectivity index (χ1v) is 6.35. The standard InChI is InChI=1S/C13H19NOS/c1-4-13(2,3)15-9-12-8-11(10-16-12)6-5-7-14/h8,10H,4,7,9,14H2,1-3H3. The Bertz CT molecular complexity index is 384. The minimum absolute atomic E-state index is 0.0485. The molecule has 1 heterocycles. The summed E-state index contributed by atoms with van der Waals surface area (Å²) < 4.78 is 5.82. The van der Waals surface area contributed by atoms with Crippen LogP contribution in [0, 0.1) is 11.8 Å². The van der Waals surface area contributed by atoms with Crippen molar-refractivity contribution in [1.82, 2.24) is 0 Å². The summed E-state index contributed by atoms with van der Waals surface area (Å²) in [6, 6.07) is 2.07. The van der Waals surface area contributed by atoms with Gasteiger partial charge in [-0.25, -0.2) is 0 Å². The van der Waals surface area contributed by atoms with Gasteiger partial charge in [0.1, 0.15) is 0 Å². The van der Waals surface area contributed by atoms with Crippen molar-refractivity contribution in [2.24, 2.45) is 5.73 Å². The average molecular weight is 237 g/mol. The van der Waals surface area contributed by atoms with Crippen LogP contribution in [0.5, 0.6) is 0 Å². The fraction of sp³-hybridized carbons (Fsp3) is 0.538. The highest BCUT2D eigenvalue weighted by molar-refractivity contribution is 7.10. The van der Waals surface area contributed by atoms with Gasteiger partial charge in [-0.2, -0.15) is 0 Å². The number of nitrogens with two attached hydrogens (primary N) is 1. The van der Waals surface area contributed by atoms with E-state index >= 15 is 0 Å². The summed E-state index contributed by atoms with van der Waals surface area (Å²) in [6.07, 6.45) is 1.01. The van der Waals surface area contributed by atoms with Crippen LogP contribution in [-0.4, -0.2) is 12.1 Å². The van der Waals surface area contributed by atoms with E-state index in [9.17, 15) is 0 Å². The van der Waals surface area contributed by atoms with Gasteiger partial charge < -0.3 is 10.5 Å². The third kappa shape index (κ3) is 4.36. The number of ether oxygens (including phenoxy) is 1. The highest BCUT2D eigenvalue weighted by Crippen LogP contribution is 2.20. The monoisotopic (exact) mass is 237 g/mol. The summed E-state index contributed by atoms with van der Waals surface area (Å²) in [7, 11) is 0. The van der Waals surface area contributed by atoms with Crippen LogP contribution >= 0.6 is 11.3 Å². The summed E-state index contributed by atoms with van der Waals surface area (Å²) in [4.78, 5) is 1.21. The van der Waals surface area contributed by atoms with Gasteiger partial charge in [0.25, 0.3) is 0 Å². The lowest BCUT2D eigenvalue weighted by molar-refractivity contribution is -0.0304. The molecule has 0 bridgehead atoms. The first-order chi connectivity index (χ1) is 7.57.